The van der Waals surface area contributed by atoms with Gasteiger partial charge in [0, 0.05) is 17.8 Å². The summed E-state index contributed by atoms with van der Waals surface area (Å²) in [4.78, 5) is 35.1. The first-order valence-corrected chi connectivity index (χ1v) is 11.4. The predicted molar refractivity (Wildman–Crippen MR) is 125 cm³/mol. The van der Waals surface area contributed by atoms with Gasteiger partial charge < -0.3 is 9.47 Å². The molecule has 10 heteroatoms. The Kier molecular flexibility index (Phi) is 5.05. The van der Waals surface area contributed by atoms with Crippen molar-refractivity contribution in [1.29, 1.82) is 0 Å². The Labute approximate surface area is 200 Å². The summed E-state index contributed by atoms with van der Waals surface area (Å²) in [5.41, 5.74) is 7.40. The maximum Gasteiger partial charge on any atom is 0.283 e. The number of fused-ring (bicyclic) bond motifs is 2. The van der Waals surface area contributed by atoms with Gasteiger partial charge in [-0.1, -0.05) is 18.2 Å². The highest BCUT2D eigenvalue weighted by Gasteiger charge is 2.30. The van der Waals surface area contributed by atoms with Gasteiger partial charge in [-0.05, 0) is 50.1 Å². The summed E-state index contributed by atoms with van der Waals surface area (Å²) in [5, 5.41) is 5.21. The number of hydrogen-bond donors (Lipinski definition) is 2. The first-order valence-electron chi connectivity index (χ1n) is 11.4. The van der Waals surface area contributed by atoms with Gasteiger partial charge in [-0.25, -0.2) is 9.97 Å². The van der Waals surface area contributed by atoms with Crippen LogP contribution in [-0.4, -0.2) is 44.3 Å². The van der Waals surface area contributed by atoms with E-state index in [2.05, 4.69) is 20.9 Å². The van der Waals surface area contributed by atoms with Crippen LogP contribution in [-0.2, 0) is 4.79 Å². The number of ether oxygens (including phenoxy) is 2. The highest BCUT2D eigenvalue weighted by molar-refractivity contribution is 6.07. The number of nitrogens with one attached hydrogen (secondary N) is 2. The summed E-state index contributed by atoms with van der Waals surface area (Å²) in [7, 11) is 0. The van der Waals surface area contributed by atoms with Crippen molar-refractivity contribution in [1.82, 2.24) is 30.6 Å². The number of aryl methyl sites for hydroxylation is 1. The largest absolute Gasteiger partial charge is 0.485 e. The second-order valence-electron chi connectivity index (χ2n) is 8.56. The van der Waals surface area contributed by atoms with Crippen LogP contribution in [0.2, 0.25) is 0 Å². The lowest BCUT2D eigenvalue weighted by Crippen LogP contribution is -2.50. The molecule has 10 nitrogen and oxygen atoms in total. The van der Waals surface area contributed by atoms with Crippen molar-refractivity contribution in [3.8, 4) is 17.3 Å². The van der Waals surface area contributed by atoms with Gasteiger partial charge in [0.1, 0.15) is 6.61 Å². The van der Waals surface area contributed by atoms with E-state index in [1.807, 2.05) is 31.2 Å². The zero-order valence-electron chi connectivity index (χ0n) is 18.9. The van der Waals surface area contributed by atoms with Crippen LogP contribution < -0.4 is 20.3 Å². The Morgan fingerprint density at radius 1 is 1.06 bits per heavy atom. The lowest BCUT2D eigenvalue weighted by molar-refractivity contribution is -0.131. The van der Waals surface area contributed by atoms with E-state index in [9.17, 15) is 9.59 Å². The molecule has 1 saturated carbocycles. The fourth-order valence-corrected chi connectivity index (χ4v) is 4.13. The molecule has 2 aliphatic rings. The van der Waals surface area contributed by atoms with Gasteiger partial charge in [-0.3, -0.25) is 20.4 Å². The number of amides is 2. The number of hydrazine groups is 1. The van der Waals surface area contributed by atoms with Crippen molar-refractivity contribution in [3.05, 3.63) is 71.7 Å². The first-order chi connectivity index (χ1) is 17.1. The zero-order chi connectivity index (χ0) is 23.9. The standard InChI is InChI=1S/C25H22N6O4/c1-14-22-16(24(32)28-29-25(33)20-13-34-18-6-2-3-7-19(18)35-20)12-17(15-9-10-15)27-23(22)31(30-14)21-8-4-5-11-26-21/h2-8,11-12,15,20H,9-10,13H2,1H3,(H,28,32)(H,29,33). The number of hydrogen-bond acceptors (Lipinski definition) is 7. The maximum absolute atomic E-state index is 13.3. The van der Waals surface area contributed by atoms with Gasteiger partial charge in [-0.15, -0.1) is 0 Å². The molecule has 1 aliphatic carbocycles. The van der Waals surface area contributed by atoms with Crippen LogP contribution in [0.15, 0.2) is 54.7 Å². The monoisotopic (exact) mass is 470 g/mol. The molecule has 0 radical (unpaired) electrons. The Hall–Kier alpha value is -4.47. The Balaban J connectivity index is 1.27. The molecule has 0 spiro atoms. The van der Waals surface area contributed by atoms with Crippen LogP contribution in [0.5, 0.6) is 11.5 Å². The summed E-state index contributed by atoms with van der Waals surface area (Å²) < 4.78 is 13.0. The van der Waals surface area contributed by atoms with Crippen molar-refractivity contribution < 1.29 is 19.1 Å². The molecule has 2 N–H and O–H groups in total. The molecule has 1 fully saturated rings. The van der Waals surface area contributed by atoms with Gasteiger partial charge in [0.25, 0.3) is 11.8 Å². The third-order valence-corrected chi connectivity index (χ3v) is 6.04. The van der Waals surface area contributed by atoms with Crippen LogP contribution >= 0.6 is 0 Å². The fourth-order valence-electron chi connectivity index (χ4n) is 4.13. The maximum atomic E-state index is 13.3. The molecule has 0 saturated heterocycles. The molecule has 35 heavy (non-hydrogen) atoms. The Morgan fingerprint density at radius 3 is 2.63 bits per heavy atom. The van der Waals surface area contributed by atoms with E-state index in [1.165, 1.54) is 0 Å². The van der Waals surface area contributed by atoms with Crippen molar-refractivity contribution in [2.24, 2.45) is 0 Å². The summed E-state index contributed by atoms with van der Waals surface area (Å²) in [6, 6.07) is 14.4. The Morgan fingerprint density at radius 2 is 1.86 bits per heavy atom. The number of pyridine rings is 2. The van der Waals surface area contributed by atoms with E-state index < -0.39 is 17.9 Å². The van der Waals surface area contributed by atoms with Crippen LogP contribution in [0.3, 0.4) is 0 Å². The number of nitrogens with zero attached hydrogens (tertiary/aromatic N) is 4. The van der Waals surface area contributed by atoms with Gasteiger partial charge in [0.15, 0.2) is 23.0 Å². The molecule has 1 aromatic carbocycles. The predicted octanol–water partition coefficient (Wildman–Crippen LogP) is 2.60. The number of para-hydroxylation sites is 2. The molecule has 2 amide bonds. The minimum Gasteiger partial charge on any atom is -0.485 e. The van der Waals surface area contributed by atoms with Gasteiger partial charge in [0.05, 0.1) is 16.6 Å². The molecule has 176 valence electrons. The second kappa shape index (κ2) is 8.39. The average molecular weight is 470 g/mol. The van der Waals surface area contributed by atoms with E-state index in [0.717, 1.165) is 18.5 Å². The highest BCUT2D eigenvalue weighted by Crippen LogP contribution is 2.40. The molecule has 3 aromatic heterocycles. The number of rotatable bonds is 4. The molecule has 4 aromatic rings. The molecule has 1 atom stereocenters. The van der Waals surface area contributed by atoms with E-state index in [1.54, 1.807) is 35.1 Å². The van der Waals surface area contributed by atoms with Gasteiger partial charge in [0.2, 0.25) is 6.10 Å². The normalized spacial score (nSPS) is 16.7. The number of aromatic nitrogens is 4. The minimum absolute atomic E-state index is 0.0417. The number of carbonyl (C=O) groups excluding carboxylic acids is 2. The molecule has 6 rings (SSSR count). The molecular formula is C25H22N6O4. The lowest BCUT2D eigenvalue weighted by Gasteiger charge is -2.25. The highest BCUT2D eigenvalue weighted by atomic mass is 16.6. The summed E-state index contributed by atoms with van der Waals surface area (Å²) in [5.74, 6) is 0.997. The third kappa shape index (κ3) is 3.92. The van der Waals surface area contributed by atoms with Gasteiger partial charge >= 0.3 is 0 Å². The van der Waals surface area contributed by atoms with E-state index >= 15 is 0 Å². The fraction of sp³-hybridized carbons (Fsp3) is 0.240. The topological polar surface area (TPSA) is 120 Å². The van der Waals surface area contributed by atoms with Crippen LogP contribution in [0.1, 0.15) is 40.5 Å². The van der Waals surface area contributed by atoms with E-state index in [-0.39, 0.29) is 6.61 Å². The number of benzene rings is 1. The van der Waals surface area contributed by atoms with Crippen molar-refractivity contribution >= 4 is 22.8 Å². The van der Waals surface area contributed by atoms with Crippen LogP contribution in [0.4, 0.5) is 0 Å². The van der Waals surface area contributed by atoms with Crippen molar-refractivity contribution in [2.75, 3.05) is 6.61 Å². The van der Waals surface area contributed by atoms with Crippen LogP contribution in [0, 0.1) is 6.92 Å². The average Bonchev–Trinajstić information content (AvgIpc) is 3.70. The Bertz CT molecular complexity index is 1450. The number of carbonyl (C=O) groups is 2. The van der Waals surface area contributed by atoms with Crippen molar-refractivity contribution in [2.45, 2.75) is 31.8 Å². The zero-order valence-corrected chi connectivity index (χ0v) is 18.9. The van der Waals surface area contributed by atoms with Crippen molar-refractivity contribution in [3.63, 3.8) is 0 Å². The van der Waals surface area contributed by atoms with E-state index in [0.29, 0.717) is 45.5 Å². The quantitative estimate of drug-likeness (QED) is 0.440. The van der Waals surface area contributed by atoms with Gasteiger partial charge in [-0.2, -0.15) is 9.78 Å². The van der Waals surface area contributed by atoms with E-state index in [4.69, 9.17) is 14.5 Å². The summed E-state index contributed by atoms with van der Waals surface area (Å²) >= 11 is 0. The summed E-state index contributed by atoms with van der Waals surface area (Å²) in [6.07, 6.45) is 2.83. The van der Waals surface area contributed by atoms with Crippen LogP contribution in [0.25, 0.3) is 16.9 Å². The third-order valence-electron chi connectivity index (χ3n) is 6.04. The second-order valence-corrected chi connectivity index (χ2v) is 8.56. The molecule has 4 heterocycles. The SMILES string of the molecule is Cc1nn(-c2ccccn2)c2nc(C3CC3)cc(C(=O)NNC(=O)C3COc4ccccc4O3)c12. The molecule has 1 unspecified atom stereocenters. The first kappa shape index (κ1) is 21.1. The molecular weight excluding hydrogens is 448 g/mol. The molecule has 0 bridgehead atoms. The lowest BCUT2D eigenvalue weighted by atomic mass is 10.1. The molecule has 1 aliphatic heterocycles. The smallest absolute Gasteiger partial charge is 0.283 e. The minimum atomic E-state index is -0.890. The summed E-state index contributed by atoms with van der Waals surface area (Å²) in [6.45, 7) is 1.86.